The lowest BCUT2D eigenvalue weighted by Gasteiger charge is -2.31. The van der Waals surface area contributed by atoms with Gasteiger partial charge in [-0.2, -0.15) is 0 Å². The predicted molar refractivity (Wildman–Crippen MR) is 127 cm³/mol. The number of rotatable bonds is 6. The van der Waals surface area contributed by atoms with Crippen molar-refractivity contribution in [2.24, 2.45) is 0 Å². The number of pyridine rings is 1. The molecule has 1 aliphatic carbocycles. The molecule has 2 aromatic rings. The van der Waals surface area contributed by atoms with Gasteiger partial charge in [-0.25, -0.2) is 4.98 Å². The van der Waals surface area contributed by atoms with E-state index in [-0.39, 0.29) is 23.9 Å². The maximum Gasteiger partial charge on any atom is 0.273 e. The maximum atomic E-state index is 13.7. The standard InChI is InChI=1S/C26H34N4O3/c1-2-18(16-29-12-14-33-15-13-29)27-25(31)23-20-10-6-7-11-22(20)28-24-21(23)17-30(26(24)32)19-8-4-3-5-9-19/h6-7,10-11,18-19H,2-5,8-9,12-17H2,1H3,(H,27,31)/t18-/m1/s1. The molecule has 2 amide bonds. The number of nitrogens with zero attached hydrogens (tertiary/aromatic N) is 3. The number of aromatic nitrogens is 1. The van der Waals surface area contributed by atoms with Gasteiger partial charge in [0.1, 0.15) is 5.69 Å². The molecule has 176 valence electrons. The van der Waals surface area contributed by atoms with Crippen LogP contribution in [0.3, 0.4) is 0 Å². The molecule has 2 aliphatic heterocycles. The maximum absolute atomic E-state index is 13.7. The molecule has 7 nitrogen and oxygen atoms in total. The van der Waals surface area contributed by atoms with E-state index in [0.717, 1.165) is 75.9 Å². The van der Waals surface area contributed by atoms with E-state index in [2.05, 4.69) is 17.1 Å². The lowest BCUT2D eigenvalue weighted by molar-refractivity contribution is 0.0331. The molecule has 2 fully saturated rings. The third kappa shape index (κ3) is 4.49. The molecule has 0 unspecified atom stereocenters. The smallest absolute Gasteiger partial charge is 0.273 e. The van der Waals surface area contributed by atoms with Crippen molar-refractivity contribution < 1.29 is 14.3 Å². The summed E-state index contributed by atoms with van der Waals surface area (Å²) in [4.78, 5) is 36.1. The van der Waals surface area contributed by atoms with Crippen LogP contribution in [0.1, 0.15) is 71.9 Å². The average Bonchev–Trinajstić information content (AvgIpc) is 3.19. The normalized spacial score (nSPS) is 20.8. The first-order valence-corrected chi connectivity index (χ1v) is 12.5. The van der Waals surface area contributed by atoms with Gasteiger partial charge in [-0.15, -0.1) is 0 Å². The molecule has 33 heavy (non-hydrogen) atoms. The van der Waals surface area contributed by atoms with Crippen LogP contribution in [-0.2, 0) is 11.3 Å². The number of ether oxygens (including phenoxy) is 1. The van der Waals surface area contributed by atoms with Crippen molar-refractivity contribution in [1.29, 1.82) is 0 Å². The summed E-state index contributed by atoms with van der Waals surface area (Å²) >= 11 is 0. The van der Waals surface area contributed by atoms with Gasteiger partial charge in [-0.1, -0.05) is 44.4 Å². The summed E-state index contributed by atoms with van der Waals surface area (Å²) < 4.78 is 5.46. The van der Waals surface area contributed by atoms with Crippen molar-refractivity contribution in [1.82, 2.24) is 20.1 Å². The lowest BCUT2D eigenvalue weighted by Crippen LogP contribution is -2.47. The number of nitrogens with one attached hydrogen (secondary N) is 1. The van der Waals surface area contributed by atoms with Crippen LogP contribution in [0.5, 0.6) is 0 Å². The van der Waals surface area contributed by atoms with Crippen molar-refractivity contribution in [3.8, 4) is 0 Å². The number of benzene rings is 1. The highest BCUT2D eigenvalue weighted by molar-refractivity contribution is 6.11. The van der Waals surface area contributed by atoms with Crippen LogP contribution in [0.25, 0.3) is 10.9 Å². The van der Waals surface area contributed by atoms with E-state index in [1.807, 2.05) is 29.2 Å². The number of para-hydroxylation sites is 1. The molecule has 0 bridgehead atoms. The van der Waals surface area contributed by atoms with E-state index in [1.165, 1.54) is 6.42 Å². The zero-order valence-electron chi connectivity index (χ0n) is 19.5. The Morgan fingerprint density at radius 1 is 1.18 bits per heavy atom. The van der Waals surface area contributed by atoms with Crippen molar-refractivity contribution >= 4 is 22.7 Å². The first-order chi connectivity index (χ1) is 16.2. The predicted octanol–water partition coefficient (Wildman–Crippen LogP) is 3.36. The van der Waals surface area contributed by atoms with E-state index >= 15 is 0 Å². The fourth-order valence-corrected chi connectivity index (χ4v) is 5.54. The highest BCUT2D eigenvalue weighted by Crippen LogP contribution is 2.34. The summed E-state index contributed by atoms with van der Waals surface area (Å²) in [5, 5.41) is 4.11. The fourth-order valence-electron chi connectivity index (χ4n) is 5.54. The summed E-state index contributed by atoms with van der Waals surface area (Å²) in [5.41, 5.74) is 2.60. The van der Waals surface area contributed by atoms with Crippen molar-refractivity contribution in [3.05, 3.63) is 41.1 Å². The fraction of sp³-hybridized carbons (Fsp3) is 0.577. The Labute approximate surface area is 195 Å². The van der Waals surface area contributed by atoms with Crippen LogP contribution in [0.15, 0.2) is 24.3 Å². The monoisotopic (exact) mass is 450 g/mol. The first kappa shape index (κ1) is 22.3. The molecule has 0 spiro atoms. The number of hydrogen-bond donors (Lipinski definition) is 1. The van der Waals surface area contributed by atoms with Crippen molar-refractivity contribution in [2.75, 3.05) is 32.8 Å². The van der Waals surface area contributed by atoms with E-state index < -0.39 is 0 Å². The molecule has 1 saturated heterocycles. The summed E-state index contributed by atoms with van der Waals surface area (Å²) in [5.74, 6) is -0.111. The van der Waals surface area contributed by atoms with Crippen LogP contribution in [-0.4, -0.2) is 71.5 Å². The number of fused-ring (bicyclic) bond motifs is 2. The number of carbonyl (C=O) groups is 2. The van der Waals surface area contributed by atoms with Gasteiger partial charge in [0.05, 0.1) is 24.3 Å². The Kier molecular flexibility index (Phi) is 6.60. The Morgan fingerprint density at radius 2 is 1.94 bits per heavy atom. The highest BCUT2D eigenvalue weighted by Gasteiger charge is 2.38. The first-order valence-electron chi connectivity index (χ1n) is 12.5. The molecule has 1 N–H and O–H groups in total. The molecule has 1 saturated carbocycles. The zero-order valence-corrected chi connectivity index (χ0v) is 19.5. The number of morpholine rings is 1. The molecule has 3 heterocycles. The molecular formula is C26H34N4O3. The molecular weight excluding hydrogens is 416 g/mol. The Hall–Kier alpha value is -2.51. The van der Waals surface area contributed by atoms with E-state index in [4.69, 9.17) is 9.72 Å². The molecule has 3 aliphatic rings. The van der Waals surface area contributed by atoms with Gasteiger partial charge in [-0.05, 0) is 25.3 Å². The molecule has 1 aromatic carbocycles. The van der Waals surface area contributed by atoms with Crippen LogP contribution < -0.4 is 5.32 Å². The molecule has 0 radical (unpaired) electrons. The number of hydrogen-bond acceptors (Lipinski definition) is 5. The lowest BCUT2D eigenvalue weighted by atomic mass is 9.94. The number of amides is 2. The van der Waals surface area contributed by atoms with Gasteiger partial charge in [-0.3, -0.25) is 14.5 Å². The van der Waals surface area contributed by atoms with Crippen LogP contribution in [0.2, 0.25) is 0 Å². The van der Waals surface area contributed by atoms with E-state index in [0.29, 0.717) is 23.3 Å². The summed E-state index contributed by atoms with van der Waals surface area (Å²) in [6.07, 6.45) is 6.49. The average molecular weight is 451 g/mol. The van der Waals surface area contributed by atoms with Crippen LogP contribution >= 0.6 is 0 Å². The van der Waals surface area contributed by atoms with Gasteiger partial charge in [0.2, 0.25) is 0 Å². The second-order valence-corrected chi connectivity index (χ2v) is 9.55. The van der Waals surface area contributed by atoms with E-state index in [9.17, 15) is 9.59 Å². The molecule has 5 rings (SSSR count). The highest BCUT2D eigenvalue weighted by atomic mass is 16.5. The zero-order chi connectivity index (χ0) is 22.8. The van der Waals surface area contributed by atoms with Gasteiger partial charge >= 0.3 is 0 Å². The third-order valence-electron chi connectivity index (χ3n) is 7.44. The largest absolute Gasteiger partial charge is 0.379 e. The Balaban J connectivity index is 1.45. The minimum Gasteiger partial charge on any atom is -0.379 e. The van der Waals surface area contributed by atoms with Crippen molar-refractivity contribution in [3.63, 3.8) is 0 Å². The number of carbonyl (C=O) groups excluding carboxylic acids is 2. The molecule has 1 atom stereocenters. The summed E-state index contributed by atoms with van der Waals surface area (Å²) in [7, 11) is 0. The Bertz CT molecular complexity index is 1030. The van der Waals surface area contributed by atoms with Crippen molar-refractivity contribution in [2.45, 2.75) is 64.1 Å². The van der Waals surface area contributed by atoms with E-state index in [1.54, 1.807) is 0 Å². The van der Waals surface area contributed by atoms with Crippen LogP contribution in [0.4, 0.5) is 0 Å². The Morgan fingerprint density at radius 3 is 2.70 bits per heavy atom. The third-order valence-corrected chi connectivity index (χ3v) is 7.44. The topological polar surface area (TPSA) is 74.8 Å². The van der Waals surface area contributed by atoms with Crippen LogP contribution in [0, 0.1) is 0 Å². The minimum absolute atomic E-state index is 0.0166. The van der Waals surface area contributed by atoms with Gasteiger partial charge in [0.25, 0.3) is 11.8 Å². The van der Waals surface area contributed by atoms with Gasteiger partial charge < -0.3 is 15.0 Å². The second kappa shape index (κ2) is 9.77. The van der Waals surface area contributed by atoms with Gasteiger partial charge in [0.15, 0.2) is 0 Å². The molecule has 7 heteroatoms. The molecule has 1 aromatic heterocycles. The SMILES string of the molecule is CC[C@H](CN1CCOCC1)NC(=O)c1c2c(nc3ccccc13)C(=O)N(C1CCCCC1)C2. The second-order valence-electron chi connectivity index (χ2n) is 9.55. The summed E-state index contributed by atoms with van der Waals surface area (Å²) in [6.45, 7) is 6.67. The van der Waals surface area contributed by atoms with Gasteiger partial charge in [0, 0.05) is 49.2 Å². The minimum atomic E-state index is -0.0942. The summed E-state index contributed by atoms with van der Waals surface area (Å²) in [6, 6.07) is 8.00. The quantitative estimate of drug-likeness (QED) is 0.731.